The molecule has 0 aliphatic carbocycles. The van der Waals surface area contributed by atoms with Gasteiger partial charge in [0, 0.05) is 6.54 Å². The molecule has 0 fully saturated rings. The third-order valence-electron chi connectivity index (χ3n) is 4.10. The third-order valence-corrected chi connectivity index (χ3v) is 5.90. The van der Waals surface area contributed by atoms with Crippen LogP contribution in [0.1, 0.15) is 36.9 Å². The second kappa shape index (κ2) is 9.58. The van der Waals surface area contributed by atoms with E-state index in [2.05, 4.69) is 21.6 Å². The van der Waals surface area contributed by atoms with Crippen LogP contribution in [-0.2, 0) is 11.3 Å². The summed E-state index contributed by atoms with van der Waals surface area (Å²) in [6.07, 6.45) is -0.281. The van der Waals surface area contributed by atoms with Gasteiger partial charge in [0.15, 0.2) is 17.1 Å². The summed E-state index contributed by atoms with van der Waals surface area (Å²) in [5, 5.41) is 23.3. The molecule has 0 spiro atoms. The first-order valence-corrected chi connectivity index (χ1v) is 10.9. The number of aromatic nitrogens is 3. The van der Waals surface area contributed by atoms with Crippen LogP contribution in [0.5, 0.6) is 5.75 Å². The number of nitriles is 1. The highest BCUT2D eigenvalue weighted by Crippen LogP contribution is 2.26. The average Bonchev–Trinajstić information content (AvgIpc) is 3.32. The van der Waals surface area contributed by atoms with Gasteiger partial charge < -0.3 is 14.6 Å². The Bertz CT molecular complexity index is 1040. The summed E-state index contributed by atoms with van der Waals surface area (Å²) in [6.45, 7) is 6.61. The van der Waals surface area contributed by atoms with E-state index in [-0.39, 0.29) is 17.8 Å². The zero-order chi connectivity index (χ0) is 20.8. The standard InChI is InChI=1S/C20H21N5O2S2/c1-4-25-18(14(3)27-16-7-5-6-13(2)10-16)23-24-20(25)29-12-17(26)22-19-15(11-21)8-9-28-19/h5-10,14H,4,12H2,1-3H3,(H,22,26). The van der Waals surface area contributed by atoms with Gasteiger partial charge in [0.2, 0.25) is 5.91 Å². The topological polar surface area (TPSA) is 92.8 Å². The molecule has 7 nitrogen and oxygen atoms in total. The number of amides is 1. The van der Waals surface area contributed by atoms with Crippen LogP contribution in [0.25, 0.3) is 0 Å². The summed E-state index contributed by atoms with van der Waals surface area (Å²) in [5.41, 5.74) is 1.59. The minimum Gasteiger partial charge on any atom is -0.483 e. The zero-order valence-electron chi connectivity index (χ0n) is 16.4. The minimum atomic E-state index is -0.281. The van der Waals surface area contributed by atoms with Gasteiger partial charge in [0.25, 0.3) is 0 Å². The smallest absolute Gasteiger partial charge is 0.235 e. The molecule has 0 aliphatic rings. The van der Waals surface area contributed by atoms with E-state index in [9.17, 15) is 4.79 Å². The molecule has 1 N–H and O–H groups in total. The van der Waals surface area contributed by atoms with E-state index < -0.39 is 0 Å². The Morgan fingerprint density at radius 2 is 2.24 bits per heavy atom. The number of thiophene rings is 1. The number of benzene rings is 1. The summed E-state index contributed by atoms with van der Waals surface area (Å²) in [4.78, 5) is 12.2. The number of hydrogen-bond acceptors (Lipinski definition) is 7. The molecule has 0 aliphatic heterocycles. The van der Waals surface area contributed by atoms with E-state index in [1.165, 1.54) is 23.1 Å². The highest BCUT2D eigenvalue weighted by molar-refractivity contribution is 7.99. The molecule has 0 saturated carbocycles. The van der Waals surface area contributed by atoms with Crippen molar-refractivity contribution >= 4 is 34.0 Å². The molecular formula is C20H21N5O2S2. The summed E-state index contributed by atoms with van der Waals surface area (Å²) < 4.78 is 7.97. The quantitative estimate of drug-likeness (QED) is 0.535. The molecule has 3 aromatic rings. The van der Waals surface area contributed by atoms with Gasteiger partial charge in [-0.1, -0.05) is 23.9 Å². The van der Waals surface area contributed by atoms with Crippen molar-refractivity contribution in [2.75, 3.05) is 11.1 Å². The molecule has 0 radical (unpaired) electrons. The average molecular weight is 428 g/mol. The Morgan fingerprint density at radius 3 is 2.97 bits per heavy atom. The Hall–Kier alpha value is -2.83. The summed E-state index contributed by atoms with van der Waals surface area (Å²) in [7, 11) is 0. The Balaban J connectivity index is 1.64. The van der Waals surface area contributed by atoms with Crippen LogP contribution in [0.3, 0.4) is 0 Å². The molecule has 150 valence electrons. The number of nitrogens with zero attached hydrogens (tertiary/aromatic N) is 4. The number of anilines is 1. The van der Waals surface area contributed by atoms with Crippen molar-refractivity contribution in [1.29, 1.82) is 5.26 Å². The molecule has 0 saturated heterocycles. The summed E-state index contributed by atoms with van der Waals surface area (Å²) in [5.74, 6) is 1.47. The molecule has 2 aromatic heterocycles. The minimum absolute atomic E-state index is 0.175. The molecule has 1 unspecified atom stereocenters. The van der Waals surface area contributed by atoms with E-state index in [1.807, 2.05) is 49.6 Å². The number of nitrogens with one attached hydrogen (secondary N) is 1. The lowest BCUT2D eigenvalue weighted by atomic mass is 10.2. The van der Waals surface area contributed by atoms with E-state index in [1.54, 1.807) is 11.4 Å². The molecule has 2 heterocycles. The van der Waals surface area contributed by atoms with Crippen LogP contribution in [0.15, 0.2) is 40.9 Å². The highest BCUT2D eigenvalue weighted by atomic mass is 32.2. The molecule has 1 amide bonds. The SMILES string of the molecule is CCn1c(SCC(=O)Nc2sccc2C#N)nnc1C(C)Oc1cccc(C)c1. The van der Waals surface area contributed by atoms with Gasteiger partial charge in [0.05, 0.1) is 11.3 Å². The van der Waals surface area contributed by atoms with Crippen molar-refractivity contribution in [1.82, 2.24) is 14.8 Å². The third kappa shape index (κ3) is 5.16. The fourth-order valence-corrected chi connectivity index (χ4v) is 4.30. The predicted octanol–water partition coefficient (Wildman–Crippen LogP) is 4.41. The maximum Gasteiger partial charge on any atom is 0.235 e. The van der Waals surface area contributed by atoms with Crippen LogP contribution in [0.2, 0.25) is 0 Å². The van der Waals surface area contributed by atoms with Gasteiger partial charge in [-0.3, -0.25) is 4.79 Å². The summed E-state index contributed by atoms with van der Waals surface area (Å²) >= 11 is 2.63. The number of carbonyl (C=O) groups excluding carboxylic acids is 1. The van der Waals surface area contributed by atoms with Crippen molar-refractivity contribution in [3.63, 3.8) is 0 Å². The Labute approximate surface area is 177 Å². The van der Waals surface area contributed by atoms with Gasteiger partial charge in [0.1, 0.15) is 16.8 Å². The number of rotatable bonds is 8. The lowest BCUT2D eigenvalue weighted by Crippen LogP contribution is -2.15. The van der Waals surface area contributed by atoms with Crippen molar-refractivity contribution < 1.29 is 9.53 Å². The maximum absolute atomic E-state index is 12.2. The van der Waals surface area contributed by atoms with Crippen molar-refractivity contribution in [2.24, 2.45) is 0 Å². The van der Waals surface area contributed by atoms with Gasteiger partial charge in [-0.2, -0.15) is 5.26 Å². The van der Waals surface area contributed by atoms with E-state index in [4.69, 9.17) is 10.00 Å². The van der Waals surface area contributed by atoms with E-state index >= 15 is 0 Å². The zero-order valence-corrected chi connectivity index (χ0v) is 18.0. The largest absolute Gasteiger partial charge is 0.483 e. The lowest BCUT2D eigenvalue weighted by molar-refractivity contribution is -0.113. The van der Waals surface area contributed by atoms with Crippen LogP contribution in [-0.4, -0.2) is 26.4 Å². The van der Waals surface area contributed by atoms with Gasteiger partial charge in [-0.25, -0.2) is 0 Å². The molecule has 0 bridgehead atoms. The number of ether oxygens (including phenoxy) is 1. The van der Waals surface area contributed by atoms with Crippen LogP contribution in [0.4, 0.5) is 5.00 Å². The maximum atomic E-state index is 12.2. The first-order valence-electron chi connectivity index (χ1n) is 9.08. The van der Waals surface area contributed by atoms with E-state index in [0.717, 1.165) is 11.3 Å². The van der Waals surface area contributed by atoms with E-state index in [0.29, 0.717) is 28.1 Å². The van der Waals surface area contributed by atoms with Crippen molar-refractivity contribution in [3.05, 3.63) is 52.7 Å². The van der Waals surface area contributed by atoms with Gasteiger partial charge in [-0.15, -0.1) is 21.5 Å². The number of hydrogen-bond donors (Lipinski definition) is 1. The van der Waals surface area contributed by atoms with Crippen LogP contribution < -0.4 is 10.1 Å². The first kappa shape index (κ1) is 20.9. The van der Waals surface area contributed by atoms with Crippen molar-refractivity contribution in [2.45, 2.75) is 38.6 Å². The normalized spacial score (nSPS) is 11.7. The number of thioether (sulfide) groups is 1. The molecule has 29 heavy (non-hydrogen) atoms. The molecule has 9 heteroatoms. The van der Waals surface area contributed by atoms with Gasteiger partial charge in [-0.05, 0) is 49.9 Å². The van der Waals surface area contributed by atoms with Crippen LogP contribution in [0, 0.1) is 18.3 Å². The predicted molar refractivity (Wildman–Crippen MR) is 114 cm³/mol. The van der Waals surface area contributed by atoms with Gasteiger partial charge >= 0.3 is 0 Å². The first-order chi connectivity index (χ1) is 14.0. The van der Waals surface area contributed by atoms with Crippen LogP contribution >= 0.6 is 23.1 Å². The second-order valence-electron chi connectivity index (χ2n) is 6.27. The molecule has 3 rings (SSSR count). The highest BCUT2D eigenvalue weighted by Gasteiger charge is 2.20. The fraction of sp³-hybridized carbons (Fsp3) is 0.300. The number of aryl methyl sites for hydroxylation is 1. The monoisotopic (exact) mass is 427 g/mol. The molecule has 1 atom stereocenters. The number of carbonyl (C=O) groups is 1. The summed E-state index contributed by atoms with van der Waals surface area (Å²) in [6, 6.07) is 11.6. The Kier molecular flexibility index (Phi) is 6.90. The Morgan fingerprint density at radius 1 is 1.41 bits per heavy atom. The fourth-order valence-electron chi connectivity index (χ4n) is 2.74. The molecular weight excluding hydrogens is 406 g/mol. The lowest BCUT2D eigenvalue weighted by Gasteiger charge is -2.16. The molecule has 1 aromatic carbocycles. The van der Waals surface area contributed by atoms with Crippen molar-refractivity contribution in [3.8, 4) is 11.8 Å². The second-order valence-corrected chi connectivity index (χ2v) is 8.13.